The summed E-state index contributed by atoms with van der Waals surface area (Å²) in [5.74, 6) is -1.09. The number of hydrogen-bond acceptors (Lipinski definition) is 5. The number of thiazole rings is 1. The van der Waals surface area contributed by atoms with Gasteiger partial charge in [-0.3, -0.25) is 14.9 Å². The molecule has 0 bridgehead atoms. The first-order chi connectivity index (χ1) is 10.9. The van der Waals surface area contributed by atoms with Crippen molar-refractivity contribution < 1.29 is 14.7 Å². The molecule has 0 spiro atoms. The third kappa shape index (κ3) is 4.29. The molecule has 3 N–H and O–H groups in total. The van der Waals surface area contributed by atoms with Crippen LogP contribution in [0, 0.1) is 20.8 Å². The summed E-state index contributed by atoms with van der Waals surface area (Å²) in [6, 6.07) is 5.33. The van der Waals surface area contributed by atoms with Crippen LogP contribution in [0.1, 0.15) is 32.9 Å². The van der Waals surface area contributed by atoms with E-state index in [1.807, 2.05) is 26.8 Å². The summed E-state index contributed by atoms with van der Waals surface area (Å²) in [5, 5.41) is 15.1. The second-order valence-electron chi connectivity index (χ2n) is 5.16. The van der Waals surface area contributed by atoms with Gasteiger partial charge in [-0.15, -0.1) is 11.3 Å². The monoisotopic (exact) mass is 333 g/mol. The van der Waals surface area contributed by atoms with E-state index in [0.717, 1.165) is 21.8 Å². The summed E-state index contributed by atoms with van der Waals surface area (Å²) >= 11 is 1.44. The van der Waals surface area contributed by atoms with Crippen LogP contribution in [0.5, 0.6) is 0 Å². The van der Waals surface area contributed by atoms with E-state index < -0.39 is 5.97 Å². The Morgan fingerprint density at radius 1 is 1.26 bits per heavy atom. The Kier molecular flexibility index (Phi) is 5.33. The molecule has 1 heterocycles. The Bertz CT molecular complexity index is 721. The molecule has 0 fully saturated rings. The van der Waals surface area contributed by atoms with Crippen LogP contribution in [-0.2, 0) is 4.79 Å². The van der Waals surface area contributed by atoms with E-state index in [1.54, 1.807) is 12.1 Å². The molecular weight excluding hydrogens is 314 g/mol. The molecule has 0 unspecified atom stereocenters. The number of rotatable bonds is 6. The van der Waals surface area contributed by atoms with Gasteiger partial charge in [0.05, 0.1) is 12.1 Å². The third-order valence-electron chi connectivity index (χ3n) is 3.48. The van der Waals surface area contributed by atoms with Crippen LogP contribution in [0.3, 0.4) is 0 Å². The average molecular weight is 333 g/mol. The van der Waals surface area contributed by atoms with Crippen LogP contribution < -0.4 is 10.6 Å². The quantitative estimate of drug-likeness (QED) is 0.755. The number of nitrogens with one attached hydrogen (secondary N) is 2. The van der Waals surface area contributed by atoms with E-state index in [4.69, 9.17) is 5.11 Å². The summed E-state index contributed by atoms with van der Waals surface area (Å²) in [4.78, 5) is 28.4. The maximum absolute atomic E-state index is 12.4. The summed E-state index contributed by atoms with van der Waals surface area (Å²) in [6.07, 6.45) is 0.0214. The highest BCUT2D eigenvalue weighted by atomic mass is 32.1. The number of carbonyl (C=O) groups excluding carboxylic acids is 1. The molecule has 0 aliphatic heterocycles. The first-order valence-corrected chi connectivity index (χ1v) is 8.00. The topological polar surface area (TPSA) is 91.3 Å². The van der Waals surface area contributed by atoms with E-state index in [1.165, 1.54) is 11.3 Å². The van der Waals surface area contributed by atoms with E-state index in [0.29, 0.717) is 17.2 Å². The van der Waals surface area contributed by atoms with Crippen molar-refractivity contribution in [2.45, 2.75) is 27.2 Å². The van der Waals surface area contributed by atoms with Crippen LogP contribution in [0.2, 0.25) is 0 Å². The number of carboxylic acids is 1. The average Bonchev–Trinajstić information content (AvgIpc) is 2.78. The molecule has 2 aromatic rings. The predicted octanol–water partition coefficient (Wildman–Crippen LogP) is 3.21. The Balaban J connectivity index is 2.12. The van der Waals surface area contributed by atoms with E-state index >= 15 is 0 Å². The normalized spacial score (nSPS) is 10.4. The van der Waals surface area contributed by atoms with Gasteiger partial charge in [0.25, 0.3) is 5.91 Å². The highest BCUT2D eigenvalue weighted by molar-refractivity contribution is 7.15. The number of amides is 1. The van der Waals surface area contributed by atoms with Crippen molar-refractivity contribution >= 4 is 34.0 Å². The molecule has 7 heteroatoms. The largest absolute Gasteiger partial charge is 0.481 e. The van der Waals surface area contributed by atoms with Gasteiger partial charge in [0.15, 0.2) is 5.13 Å². The van der Waals surface area contributed by atoms with Crippen molar-refractivity contribution in [1.29, 1.82) is 0 Å². The first kappa shape index (κ1) is 17.0. The minimum Gasteiger partial charge on any atom is -0.481 e. The molecule has 0 radical (unpaired) electrons. The molecule has 122 valence electrons. The molecule has 2 rings (SSSR count). The fourth-order valence-corrected chi connectivity index (χ4v) is 2.88. The number of carboxylic acid groups (broad SMARTS) is 1. The van der Waals surface area contributed by atoms with Crippen LogP contribution in [0.4, 0.5) is 10.8 Å². The number of carbonyl (C=O) groups is 2. The van der Waals surface area contributed by atoms with E-state index in [-0.39, 0.29) is 12.3 Å². The maximum atomic E-state index is 12.4. The van der Waals surface area contributed by atoms with Crippen molar-refractivity contribution in [3.63, 3.8) is 0 Å². The summed E-state index contributed by atoms with van der Waals surface area (Å²) in [5.41, 5.74) is 2.98. The number of anilines is 2. The Morgan fingerprint density at radius 2 is 2.00 bits per heavy atom. The van der Waals surface area contributed by atoms with Gasteiger partial charge in [0, 0.05) is 22.7 Å². The lowest BCUT2D eigenvalue weighted by atomic mass is 10.1. The predicted molar refractivity (Wildman–Crippen MR) is 91.5 cm³/mol. The van der Waals surface area contributed by atoms with E-state index in [2.05, 4.69) is 15.6 Å². The zero-order valence-corrected chi connectivity index (χ0v) is 14.1. The molecule has 0 aliphatic carbocycles. The third-order valence-corrected chi connectivity index (χ3v) is 4.47. The molecule has 1 aromatic heterocycles. The van der Waals surface area contributed by atoms with Crippen LogP contribution in [-0.4, -0.2) is 28.5 Å². The van der Waals surface area contributed by atoms with Crippen molar-refractivity contribution in [1.82, 2.24) is 4.98 Å². The van der Waals surface area contributed by atoms with Crippen LogP contribution >= 0.6 is 11.3 Å². The second kappa shape index (κ2) is 7.23. The SMILES string of the molecule is Cc1nc(NC(=O)c2cccc(NCCC(=O)O)c2C)sc1C. The minimum atomic E-state index is -0.862. The smallest absolute Gasteiger partial charge is 0.305 e. The number of aryl methyl sites for hydroxylation is 2. The number of aromatic nitrogens is 1. The molecule has 6 nitrogen and oxygen atoms in total. The Hall–Kier alpha value is -2.41. The number of nitrogens with zero attached hydrogens (tertiary/aromatic N) is 1. The van der Waals surface area contributed by atoms with Gasteiger partial charge in [-0.05, 0) is 38.5 Å². The highest BCUT2D eigenvalue weighted by Crippen LogP contribution is 2.24. The standard InChI is InChI=1S/C16H19N3O3S/c1-9-12(5-4-6-13(9)17-8-7-14(20)21)15(22)19-16-18-10(2)11(3)23-16/h4-6,17H,7-8H2,1-3H3,(H,20,21)(H,18,19,22). The van der Waals surface area contributed by atoms with E-state index in [9.17, 15) is 9.59 Å². The van der Waals surface area contributed by atoms with Crippen molar-refractivity contribution in [2.24, 2.45) is 0 Å². The summed E-state index contributed by atoms with van der Waals surface area (Å²) < 4.78 is 0. The Labute approximate surface area is 138 Å². The minimum absolute atomic E-state index is 0.0214. The molecule has 1 aromatic carbocycles. The molecule has 0 saturated heterocycles. The highest BCUT2D eigenvalue weighted by Gasteiger charge is 2.14. The van der Waals surface area contributed by atoms with Crippen molar-refractivity contribution in [3.05, 3.63) is 39.9 Å². The maximum Gasteiger partial charge on any atom is 0.305 e. The summed E-state index contributed by atoms with van der Waals surface area (Å²) in [6.45, 7) is 6.00. The Morgan fingerprint density at radius 3 is 2.61 bits per heavy atom. The second-order valence-corrected chi connectivity index (χ2v) is 6.37. The van der Waals surface area contributed by atoms with Gasteiger partial charge in [0.1, 0.15) is 0 Å². The fraction of sp³-hybridized carbons (Fsp3) is 0.312. The van der Waals surface area contributed by atoms with Gasteiger partial charge >= 0.3 is 5.97 Å². The van der Waals surface area contributed by atoms with Gasteiger partial charge in [-0.1, -0.05) is 6.07 Å². The first-order valence-electron chi connectivity index (χ1n) is 7.19. The molecule has 0 saturated carbocycles. The van der Waals surface area contributed by atoms with Crippen molar-refractivity contribution in [2.75, 3.05) is 17.2 Å². The van der Waals surface area contributed by atoms with Gasteiger partial charge in [0.2, 0.25) is 0 Å². The zero-order valence-electron chi connectivity index (χ0n) is 13.3. The number of hydrogen-bond donors (Lipinski definition) is 3. The molecule has 1 amide bonds. The fourth-order valence-electron chi connectivity index (χ4n) is 2.07. The molecular formula is C16H19N3O3S. The van der Waals surface area contributed by atoms with Crippen molar-refractivity contribution in [3.8, 4) is 0 Å². The van der Waals surface area contributed by atoms with Gasteiger partial charge in [-0.2, -0.15) is 0 Å². The zero-order chi connectivity index (χ0) is 17.0. The van der Waals surface area contributed by atoms with Crippen LogP contribution in [0.15, 0.2) is 18.2 Å². The lowest BCUT2D eigenvalue weighted by Gasteiger charge is -2.12. The molecule has 0 atom stereocenters. The lowest BCUT2D eigenvalue weighted by molar-refractivity contribution is -0.136. The summed E-state index contributed by atoms with van der Waals surface area (Å²) in [7, 11) is 0. The molecule has 23 heavy (non-hydrogen) atoms. The van der Waals surface area contributed by atoms with Gasteiger partial charge < -0.3 is 10.4 Å². The van der Waals surface area contributed by atoms with Crippen LogP contribution in [0.25, 0.3) is 0 Å². The van der Waals surface area contributed by atoms with Gasteiger partial charge in [-0.25, -0.2) is 4.98 Å². The molecule has 0 aliphatic rings. The number of aliphatic carboxylic acids is 1. The lowest BCUT2D eigenvalue weighted by Crippen LogP contribution is -2.15. The number of benzene rings is 1.